The highest BCUT2D eigenvalue weighted by Gasteiger charge is 2.34. The summed E-state index contributed by atoms with van der Waals surface area (Å²) in [5.41, 5.74) is 1.47. The van der Waals surface area contributed by atoms with Gasteiger partial charge < -0.3 is 5.32 Å². The predicted octanol–water partition coefficient (Wildman–Crippen LogP) is 3.48. The number of hydrogen-bond acceptors (Lipinski definition) is 6. The van der Waals surface area contributed by atoms with E-state index in [1.54, 1.807) is 18.2 Å². The highest BCUT2D eigenvalue weighted by Crippen LogP contribution is 2.42. The van der Waals surface area contributed by atoms with Crippen LogP contribution in [0, 0.1) is 0 Å². The van der Waals surface area contributed by atoms with Crippen molar-refractivity contribution in [2.45, 2.75) is 48.2 Å². The van der Waals surface area contributed by atoms with Crippen LogP contribution in [0.3, 0.4) is 0 Å². The van der Waals surface area contributed by atoms with Crippen LogP contribution >= 0.6 is 23.4 Å². The Hall–Kier alpha value is -1.84. The number of halogens is 1. The molecule has 1 fully saturated rings. The highest BCUT2D eigenvalue weighted by atomic mass is 35.5. The minimum Gasteiger partial charge on any atom is -0.353 e. The van der Waals surface area contributed by atoms with Crippen LogP contribution in [0.1, 0.15) is 32.1 Å². The number of nitrogens with zero attached hydrogens (tertiary/aromatic N) is 3. The van der Waals surface area contributed by atoms with Crippen LogP contribution in [0.15, 0.2) is 34.4 Å². The van der Waals surface area contributed by atoms with Gasteiger partial charge in [-0.25, -0.2) is 18.4 Å². The fourth-order valence-corrected chi connectivity index (χ4v) is 5.78. The molecule has 1 aliphatic heterocycles. The molecular weight excluding hydrogens is 432 g/mol. The molecule has 10 heteroatoms. The van der Waals surface area contributed by atoms with E-state index in [9.17, 15) is 13.2 Å². The van der Waals surface area contributed by atoms with Crippen LogP contribution in [0.5, 0.6) is 0 Å². The Morgan fingerprint density at radius 3 is 2.83 bits per heavy atom. The molecule has 1 saturated carbocycles. The van der Waals surface area contributed by atoms with Crippen LogP contribution in [-0.4, -0.2) is 43.1 Å². The van der Waals surface area contributed by atoms with Gasteiger partial charge in [0.25, 0.3) is 10.0 Å². The Kier molecular flexibility index (Phi) is 5.72. The number of fused-ring (bicyclic) bond motifs is 3. The third-order valence-electron chi connectivity index (χ3n) is 5.23. The van der Waals surface area contributed by atoms with Crippen molar-refractivity contribution in [3.8, 4) is 11.3 Å². The van der Waals surface area contributed by atoms with E-state index in [1.165, 1.54) is 35.7 Å². The number of hydrogen-bond donors (Lipinski definition) is 1. The lowest BCUT2D eigenvalue weighted by atomic mass is 9.95. The van der Waals surface area contributed by atoms with Crippen LogP contribution in [0.25, 0.3) is 11.3 Å². The number of carbonyl (C=O) groups excluding carboxylic acids is 1. The first-order valence-corrected chi connectivity index (χ1v) is 12.2. The Morgan fingerprint density at radius 2 is 2.07 bits per heavy atom. The molecule has 154 valence electrons. The molecule has 0 atom stereocenters. The Balaban J connectivity index is 1.56. The summed E-state index contributed by atoms with van der Waals surface area (Å²) in [4.78, 5) is 20.9. The lowest BCUT2D eigenvalue weighted by Crippen LogP contribution is -2.37. The second kappa shape index (κ2) is 8.12. The quantitative estimate of drug-likeness (QED) is 0.564. The second-order valence-corrected chi connectivity index (χ2v) is 10.5. The van der Waals surface area contributed by atoms with Crippen molar-refractivity contribution in [1.29, 1.82) is 0 Å². The normalized spacial score (nSPS) is 18.1. The number of aromatic nitrogens is 2. The fraction of sp³-hybridized carbons (Fsp3) is 0.421. The van der Waals surface area contributed by atoms with E-state index in [-0.39, 0.29) is 22.6 Å². The molecule has 1 N–H and O–H groups in total. The average Bonchev–Trinajstić information content (AvgIpc) is 2.71. The van der Waals surface area contributed by atoms with Gasteiger partial charge in [-0.1, -0.05) is 42.6 Å². The monoisotopic (exact) mass is 452 g/mol. The molecule has 29 heavy (non-hydrogen) atoms. The lowest BCUT2D eigenvalue weighted by Gasteiger charge is -2.28. The van der Waals surface area contributed by atoms with E-state index >= 15 is 0 Å². The second-order valence-electron chi connectivity index (χ2n) is 7.19. The number of rotatable bonds is 4. The molecule has 1 aromatic heterocycles. The molecule has 2 heterocycles. The average molecular weight is 453 g/mol. The van der Waals surface area contributed by atoms with Crippen LogP contribution < -0.4 is 9.62 Å². The maximum absolute atomic E-state index is 12.8. The van der Waals surface area contributed by atoms with Gasteiger partial charge in [-0.3, -0.25) is 9.10 Å². The van der Waals surface area contributed by atoms with Crippen molar-refractivity contribution in [2.75, 3.05) is 17.1 Å². The summed E-state index contributed by atoms with van der Waals surface area (Å²) in [6.07, 6.45) is 6.89. The van der Waals surface area contributed by atoms with Gasteiger partial charge in [0.05, 0.1) is 23.3 Å². The van der Waals surface area contributed by atoms with Crippen LogP contribution in [-0.2, 0) is 14.8 Å². The number of thioether (sulfide) groups is 1. The SMILES string of the molecule is CN1c2cc(Cl)ccc2-c2nc(SCC(=O)NC3CCCCC3)ncc2S1(=O)=O. The highest BCUT2D eigenvalue weighted by molar-refractivity contribution is 7.99. The molecule has 2 aromatic rings. The van der Waals surface area contributed by atoms with Gasteiger partial charge >= 0.3 is 0 Å². The Labute approximate surface area is 179 Å². The van der Waals surface area contributed by atoms with Crippen molar-refractivity contribution in [2.24, 2.45) is 0 Å². The first kappa shape index (κ1) is 20.4. The largest absolute Gasteiger partial charge is 0.353 e. The molecule has 1 aliphatic carbocycles. The van der Waals surface area contributed by atoms with Gasteiger partial charge in [-0.05, 0) is 31.0 Å². The van der Waals surface area contributed by atoms with Gasteiger partial charge in [0.15, 0.2) is 5.16 Å². The number of sulfonamides is 1. The molecule has 0 radical (unpaired) electrons. The van der Waals surface area contributed by atoms with Gasteiger partial charge in [0, 0.05) is 23.7 Å². The molecule has 2 aliphatic rings. The van der Waals surface area contributed by atoms with E-state index in [2.05, 4.69) is 15.3 Å². The van der Waals surface area contributed by atoms with Crippen molar-refractivity contribution in [1.82, 2.24) is 15.3 Å². The number of amides is 1. The van der Waals surface area contributed by atoms with Crippen molar-refractivity contribution >= 4 is 45.0 Å². The van der Waals surface area contributed by atoms with Gasteiger partial charge in [-0.15, -0.1) is 0 Å². The molecule has 1 aromatic carbocycles. The number of anilines is 1. The van der Waals surface area contributed by atoms with Gasteiger partial charge in [-0.2, -0.15) is 0 Å². The van der Waals surface area contributed by atoms with Crippen LogP contribution in [0.4, 0.5) is 5.69 Å². The topological polar surface area (TPSA) is 92.3 Å². The minimum atomic E-state index is -3.76. The molecule has 0 unspecified atom stereocenters. The maximum Gasteiger partial charge on any atom is 0.267 e. The standard InChI is InChI=1S/C19H21ClN4O3S2/c1-24-15-9-12(20)7-8-14(15)18-16(29(24,26)27)10-21-19(23-18)28-11-17(25)22-13-5-3-2-4-6-13/h7-10,13H,2-6,11H2,1H3,(H,22,25). The lowest BCUT2D eigenvalue weighted by molar-refractivity contribution is -0.119. The molecule has 0 saturated heterocycles. The summed E-state index contributed by atoms with van der Waals surface area (Å²) in [5.74, 6) is 0.137. The van der Waals surface area contributed by atoms with Crippen molar-refractivity contribution < 1.29 is 13.2 Å². The molecule has 4 rings (SSSR count). The molecule has 0 bridgehead atoms. The zero-order valence-electron chi connectivity index (χ0n) is 15.9. The third-order valence-corrected chi connectivity index (χ3v) is 8.10. The summed E-state index contributed by atoms with van der Waals surface area (Å²) in [6.45, 7) is 0. The summed E-state index contributed by atoms with van der Waals surface area (Å²) in [7, 11) is -2.28. The smallest absolute Gasteiger partial charge is 0.267 e. The molecule has 1 amide bonds. The predicted molar refractivity (Wildman–Crippen MR) is 114 cm³/mol. The van der Waals surface area contributed by atoms with Crippen molar-refractivity contribution in [3.05, 3.63) is 29.4 Å². The molecular formula is C19H21ClN4O3S2. The van der Waals surface area contributed by atoms with E-state index in [4.69, 9.17) is 11.6 Å². The Bertz CT molecular complexity index is 1060. The van der Waals surface area contributed by atoms with Gasteiger partial charge in [0.1, 0.15) is 4.90 Å². The van der Waals surface area contributed by atoms with Crippen LogP contribution in [0.2, 0.25) is 5.02 Å². The van der Waals surface area contributed by atoms with Gasteiger partial charge in [0.2, 0.25) is 5.91 Å². The van der Waals surface area contributed by atoms with E-state index in [0.29, 0.717) is 27.1 Å². The summed E-state index contributed by atoms with van der Waals surface area (Å²) >= 11 is 7.26. The fourth-order valence-electron chi connectivity index (χ4n) is 3.69. The summed E-state index contributed by atoms with van der Waals surface area (Å²) in [6, 6.07) is 5.30. The maximum atomic E-state index is 12.8. The first-order valence-electron chi connectivity index (χ1n) is 9.44. The van der Waals surface area contributed by atoms with E-state index in [1.807, 2.05) is 0 Å². The molecule has 7 nitrogen and oxygen atoms in total. The summed E-state index contributed by atoms with van der Waals surface area (Å²) in [5, 5.41) is 3.87. The first-order chi connectivity index (χ1) is 13.9. The number of nitrogens with one attached hydrogen (secondary N) is 1. The third kappa shape index (κ3) is 4.08. The molecule has 0 spiro atoms. The summed E-state index contributed by atoms with van der Waals surface area (Å²) < 4.78 is 26.8. The number of benzene rings is 1. The number of carbonyl (C=O) groups is 1. The Morgan fingerprint density at radius 1 is 1.31 bits per heavy atom. The zero-order chi connectivity index (χ0) is 20.6. The van der Waals surface area contributed by atoms with E-state index < -0.39 is 10.0 Å². The minimum absolute atomic E-state index is 0.0471. The van der Waals surface area contributed by atoms with E-state index in [0.717, 1.165) is 25.7 Å². The van der Waals surface area contributed by atoms with Crippen molar-refractivity contribution in [3.63, 3.8) is 0 Å². The zero-order valence-corrected chi connectivity index (χ0v) is 18.3.